The Morgan fingerprint density at radius 2 is 1.90 bits per heavy atom. The molecule has 0 saturated carbocycles. The van der Waals surface area contributed by atoms with Crippen molar-refractivity contribution in [2.45, 2.75) is 25.8 Å². The number of hydrogen-bond acceptors (Lipinski definition) is 7. The van der Waals surface area contributed by atoms with E-state index in [9.17, 15) is 0 Å². The van der Waals surface area contributed by atoms with Gasteiger partial charge in [-0.2, -0.15) is 0 Å². The topological polar surface area (TPSA) is 77.5 Å². The molecule has 2 N–H and O–H groups in total. The lowest BCUT2D eigenvalue weighted by Gasteiger charge is -2.19. The average Bonchev–Trinajstić information content (AvgIpc) is 3.17. The minimum Gasteiger partial charge on any atom is -0.489 e. The van der Waals surface area contributed by atoms with Crippen molar-refractivity contribution in [1.82, 2.24) is 9.97 Å². The minimum absolute atomic E-state index is 0.0789. The maximum atomic E-state index is 6.06. The zero-order valence-corrected chi connectivity index (χ0v) is 16.5. The van der Waals surface area contributed by atoms with E-state index in [2.05, 4.69) is 20.6 Å². The van der Waals surface area contributed by atoms with Crippen molar-refractivity contribution in [3.05, 3.63) is 72.2 Å². The number of anilines is 2. The molecule has 4 rings (SSSR count). The molecule has 1 aromatic heterocycles. The van der Waals surface area contributed by atoms with Crippen LogP contribution in [0.5, 0.6) is 11.5 Å². The molecule has 3 aromatic rings. The van der Waals surface area contributed by atoms with Gasteiger partial charge in [0.2, 0.25) is 0 Å². The number of nitrogens with one attached hydrogen (secondary N) is 2. The van der Waals surface area contributed by atoms with Crippen molar-refractivity contribution >= 4 is 11.5 Å². The Labute approximate surface area is 170 Å². The lowest BCUT2D eigenvalue weighted by molar-refractivity contribution is 0.0918. The van der Waals surface area contributed by atoms with Gasteiger partial charge in [0, 0.05) is 18.7 Å². The highest BCUT2D eigenvalue weighted by molar-refractivity contribution is 5.70. The highest BCUT2D eigenvalue weighted by Gasteiger charge is 2.23. The first-order valence-electron chi connectivity index (χ1n) is 9.51. The van der Waals surface area contributed by atoms with E-state index in [0.29, 0.717) is 13.2 Å². The SMILES string of the molecule is COC[C@H](C)Oc1cc(OCc2ccccc2)cc(C2Nc3cncnc3N2)c1. The summed E-state index contributed by atoms with van der Waals surface area (Å²) in [5.41, 5.74) is 2.95. The third kappa shape index (κ3) is 4.75. The number of aromatic nitrogens is 2. The summed E-state index contributed by atoms with van der Waals surface area (Å²) in [6.07, 6.45) is 3.05. The fraction of sp³-hybridized carbons (Fsp3) is 0.273. The summed E-state index contributed by atoms with van der Waals surface area (Å²) in [6.45, 7) is 2.96. The van der Waals surface area contributed by atoms with Gasteiger partial charge in [-0.25, -0.2) is 9.97 Å². The van der Waals surface area contributed by atoms with Gasteiger partial charge in [0.05, 0.1) is 18.5 Å². The number of rotatable bonds is 8. The minimum atomic E-state index is -0.151. The maximum absolute atomic E-state index is 6.06. The van der Waals surface area contributed by atoms with Gasteiger partial charge in [-0.05, 0) is 24.6 Å². The Hall–Kier alpha value is -3.32. The third-order valence-corrected chi connectivity index (χ3v) is 4.52. The smallest absolute Gasteiger partial charge is 0.154 e. The number of ether oxygens (including phenoxy) is 3. The van der Waals surface area contributed by atoms with Crippen LogP contribution in [0, 0.1) is 0 Å². The fourth-order valence-corrected chi connectivity index (χ4v) is 3.20. The molecule has 0 amide bonds. The summed E-state index contributed by atoms with van der Waals surface area (Å²) < 4.78 is 17.3. The van der Waals surface area contributed by atoms with E-state index < -0.39 is 0 Å². The number of methoxy groups -OCH3 is 1. The summed E-state index contributed by atoms with van der Waals surface area (Å²) in [5.74, 6) is 2.23. The Morgan fingerprint density at radius 1 is 1.07 bits per heavy atom. The quantitative estimate of drug-likeness (QED) is 0.600. The Balaban J connectivity index is 1.56. The summed E-state index contributed by atoms with van der Waals surface area (Å²) >= 11 is 0. The van der Waals surface area contributed by atoms with Gasteiger partial charge in [0.25, 0.3) is 0 Å². The zero-order chi connectivity index (χ0) is 20.1. The maximum Gasteiger partial charge on any atom is 0.154 e. The molecule has 150 valence electrons. The second-order valence-electron chi connectivity index (χ2n) is 6.90. The molecule has 0 bridgehead atoms. The first-order chi connectivity index (χ1) is 14.2. The number of hydrogen-bond donors (Lipinski definition) is 2. The lowest BCUT2D eigenvalue weighted by atomic mass is 10.1. The van der Waals surface area contributed by atoms with E-state index in [0.717, 1.165) is 34.1 Å². The Morgan fingerprint density at radius 3 is 2.69 bits per heavy atom. The first kappa shape index (κ1) is 19.0. The number of nitrogens with zero attached hydrogens (tertiary/aromatic N) is 2. The molecule has 29 heavy (non-hydrogen) atoms. The van der Waals surface area contributed by atoms with Crippen molar-refractivity contribution in [3.63, 3.8) is 0 Å². The summed E-state index contributed by atoms with van der Waals surface area (Å²) in [6, 6.07) is 16.0. The zero-order valence-electron chi connectivity index (χ0n) is 16.5. The van der Waals surface area contributed by atoms with Gasteiger partial charge < -0.3 is 24.8 Å². The van der Waals surface area contributed by atoms with Gasteiger partial charge in [0.1, 0.15) is 36.7 Å². The normalized spacial score (nSPS) is 15.7. The van der Waals surface area contributed by atoms with Gasteiger partial charge >= 0.3 is 0 Å². The molecule has 1 aliphatic rings. The second kappa shape index (κ2) is 8.79. The van der Waals surface area contributed by atoms with Crippen molar-refractivity contribution in [2.24, 2.45) is 0 Å². The fourth-order valence-electron chi connectivity index (χ4n) is 3.20. The van der Waals surface area contributed by atoms with E-state index in [4.69, 9.17) is 14.2 Å². The Bertz CT molecular complexity index is 927. The molecule has 0 fully saturated rings. The molecule has 7 heteroatoms. The van der Waals surface area contributed by atoms with Gasteiger partial charge in [-0.15, -0.1) is 0 Å². The molecule has 0 radical (unpaired) electrons. The molecule has 0 saturated heterocycles. The molecule has 2 atom stereocenters. The second-order valence-corrected chi connectivity index (χ2v) is 6.90. The van der Waals surface area contributed by atoms with Crippen LogP contribution in [0.1, 0.15) is 24.2 Å². The van der Waals surface area contributed by atoms with Crippen molar-refractivity contribution in [3.8, 4) is 11.5 Å². The van der Waals surface area contributed by atoms with Crippen LogP contribution in [0.3, 0.4) is 0 Å². The molecule has 7 nitrogen and oxygen atoms in total. The Kier molecular flexibility index (Phi) is 5.76. The number of fused-ring (bicyclic) bond motifs is 1. The highest BCUT2D eigenvalue weighted by atomic mass is 16.5. The van der Waals surface area contributed by atoms with Crippen LogP contribution >= 0.6 is 0 Å². The molecule has 2 aromatic carbocycles. The van der Waals surface area contributed by atoms with Gasteiger partial charge in [0.15, 0.2) is 5.82 Å². The van der Waals surface area contributed by atoms with E-state index in [1.807, 2.05) is 55.5 Å². The van der Waals surface area contributed by atoms with Crippen LogP contribution < -0.4 is 20.1 Å². The molecule has 1 unspecified atom stereocenters. The van der Waals surface area contributed by atoms with Crippen molar-refractivity contribution in [1.29, 1.82) is 0 Å². The van der Waals surface area contributed by atoms with E-state index in [1.165, 1.54) is 6.33 Å². The standard InChI is InChI=1S/C22H24N4O3/c1-15(12-27-2)29-19-9-17(21-25-20-11-23-14-24-22(20)26-21)8-18(10-19)28-13-16-6-4-3-5-7-16/h3-11,14-15,21,25H,12-13H2,1-2H3,(H,23,24,26)/t15-,21?/m0/s1. The van der Waals surface area contributed by atoms with Crippen molar-refractivity contribution < 1.29 is 14.2 Å². The van der Waals surface area contributed by atoms with E-state index >= 15 is 0 Å². The van der Waals surface area contributed by atoms with Crippen LogP contribution in [-0.4, -0.2) is 29.8 Å². The van der Waals surface area contributed by atoms with Gasteiger partial charge in [-0.1, -0.05) is 30.3 Å². The monoisotopic (exact) mass is 392 g/mol. The van der Waals surface area contributed by atoms with E-state index in [1.54, 1.807) is 13.3 Å². The molecular weight excluding hydrogens is 368 g/mol. The lowest BCUT2D eigenvalue weighted by Crippen LogP contribution is -2.18. The average molecular weight is 392 g/mol. The molecule has 0 spiro atoms. The van der Waals surface area contributed by atoms with Crippen LogP contribution in [-0.2, 0) is 11.3 Å². The van der Waals surface area contributed by atoms with Crippen LogP contribution in [0.2, 0.25) is 0 Å². The predicted molar refractivity (Wildman–Crippen MR) is 111 cm³/mol. The summed E-state index contributed by atoms with van der Waals surface area (Å²) in [7, 11) is 1.66. The van der Waals surface area contributed by atoms with Crippen LogP contribution in [0.15, 0.2) is 61.1 Å². The first-order valence-corrected chi connectivity index (χ1v) is 9.51. The molecule has 2 heterocycles. The van der Waals surface area contributed by atoms with E-state index in [-0.39, 0.29) is 12.3 Å². The predicted octanol–water partition coefficient (Wildman–Crippen LogP) is 4.01. The largest absolute Gasteiger partial charge is 0.489 e. The molecule has 1 aliphatic heterocycles. The van der Waals surface area contributed by atoms with Crippen molar-refractivity contribution in [2.75, 3.05) is 24.4 Å². The molecule has 0 aliphatic carbocycles. The summed E-state index contributed by atoms with van der Waals surface area (Å²) in [4.78, 5) is 8.33. The third-order valence-electron chi connectivity index (χ3n) is 4.52. The van der Waals surface area contributed by atoms with Crippen LogP contribution in [0.25, 0.3) is 0 Å². The molecular formula is C22H24N4O3. The van der Waals surface area contributed by atoms with Gasteiger partial charge in [-0.3, -0.25) is 0 Å². The summed E-state index contributed by atoms with van der Waals surface area (Å²) in [5, 5.41) is 6.74. The highest BCUT2D eigenvalue weighted by Crippen LogP contribution is 2.35. The van der Waals surface area contributed by atoms with Crippen LogP contribution in [0.4, 0.5) is 11.5 Å². The number of benzene rings is 2.